The third-order valence-corrected chi connectivity index (χ3v) is 3.33. The van der Waals surface area contributed by atoms with Gasteiger partial charge in [-0.2, -0.15) is 0 Å². The number of nitro benzene ring substituents is 1. The first-order valence-corrected chi connectivity index (χ1v) is 6.98. The maximum Gasteiger partial charge on any atom is 0.292 e. The lowest BCUT2D eigenvalue weighted by molar-refractivity contribution is -0.383. The van der Waals surface area contributed by atoms with Gasteiger partial charge in [0.15, 0.2) is 0 Å². The number of ether oxygens (including phenoxy) is 1. The summed E-state index contributed by atoms with van der Waals surface area (Å²) in [6.07, 6.45) is 3.21. The minimum absolute atomic E-state index is 0.106. The van der Waals surface area contributed by atoms with Gasteiger partial charge in [0.2, 0.25) is 0 Å². The molecule has 0 spiro atoms. The molecule has 1 aliphatic rings. The molecule has 21 heavy (non-hydrogen) atoms. The molecule has 0 heterocycles. The summed E-state index contributed by atoms with van der Waals surface area (Å²) in [5.74, 6) is 0.322. The average Bonchev–Trinajstić information content (AvgIpc) is 3.26. The van der Waals surface area contributed by atoms with E-state index in [0.29, 0.717) is 19.6 Å². The fourth-order valence-electron chi connectivity index (χ4n) is 1.92. The summed E-state index contributed by atoms with van der Waals surface area (Å²) in [5.41, 5.74) is 5.42. The Labute approximate surface area is 122 Å². The Kier molecular flexibility index (Phi) is 5.10. The van der Waals surface area contributed by atoms with Crippen LogP contribution >= 0.6 is 0 Å². The lowest BCUT2D eigenvalue weighted by Crippen LogP contribution is -2.26. The van der Waals surface area contributed by atoms with Crippen molar-refractivity contribution in [3.05, 3.63) is 33.9 Å². The number of hydrogen-bond acceptors (Lipinski definition) is 5. The largest absolute Gasteiger partial charge is 0.393 e. The van der Waals surface area contributed by atoms with Gasteiger partial charge >= 0.3 is 0 Å². The van der Waals surface area contributed by atoms with Crippen molar-refractivity contribution in [1.29, 1.82) is 0 Å². The molecule has 0 aromatic heterocycles. The smallest absolute Gasteiger partial charge is 0.292 e. The molecule has 7 nitrogen and oxygen atoms in total. The van der Waals surface area contributed by atoms with Gasteiger partial charge in [0.05, 0.1) is 10.5 Å². The first-order valence-electron chi connectivity index (χ1n) is 6.98. The third kappa shape index (κ3) is 4.42. The molecule has 1 amide bonds. The summed E-state index contributed by atoms with van der Waals surface area (Å²) in [6.45, 7) is 1.85. The van der Waals surface area contributed by atoms with E-state index in [1.807, 2.05) is 0 Å². The summed E-state index contributed by atoms with van der Waals surface area (Å²) in [4.78, 5) is 22.1. The monoisotopic (exact) mass is 293 g/mol. The van der Waals surface area contributed by atoms with Crippen LogP contribution in [0, 0.1) is 16.0 Å². The first kappa shape index (κ1) is 15.2. The Hall–Kier alpha value is -2.15. The molecule has 3 N–H and O–H groups in total. The summed E-state index contributed by atoms with van der Waals surface area (Å²) in [6, 6.07) is 4.20. The molecule has 1 aromatic carbocycles. The number of nitro groups is 1. The highest BCUT2D eigenvalue weighted by atomic mass is 16.6. The van der Waals surface area contributed by atoms with Crippen molar-refractivity contribution < 1.29 is 14.5 Å². The predicted molar refractivity (Wildman–Crippen MR) is 78.0 cm³/mol. The number of carbonyl (C=O) groups excluding carboxylic acids is 1. The van der Waals surface area contributed by atoms with Crippen LogP contribution in [0.2, 0.25) is 0 Å². The zero-order valence-corrected chi connectivity index (χ0v) is 11.7. The van der Waals surface area contributed by atoms with Gasteiger partial charge in [0.25, 0.3) is 11.6 Å². The summed E-state index contributed by atoms with van der Waals surface area (Å²) in [5, 5.41) is 13.5. The van der Waals surface area contributed by atoms with Crippen molar-refractivity contribution in [3.63, 3.8) is 0 Å². The van der Waals surface area contributed by atoms with Crippen LogP contribution in [0.3, 0.4) is 0 Å². The maximum atomic E-state index is 11.9. The average molecular weight is 293 g/mol. The van der Waals surface area contributed by atoms with E-state index in [0.717, 1.165) is 12.5 Å². The first-order chi connectivity index (χ1) is 10.1. The van der Waals surface area contributed by atoms with Crippen LogP contribution < -0.4 is 11.1 Å². The van der Waals surface area contributed by atoms with E-state index >= 15 is 0 Å². The number of rotatable bonds is 8. The minimum Gasteiger partial charge on any atom is -0.393 e. The van der Waals surface area contributed by atoms with Crippen LogP contribution in [0.15, 0.2) is 18.2 Å². The molecule has 1 aromatic rings. The van der Waals surface area contributed by atoms with Gasteiger partial charge in [-0.25, -0.2) is 0 Å². The number of carbonyl (C=O) groups is 1. The zero-order chi connectivity index (χ0) is 15.2. The summed E-state index contributed by atoms with van der Waals surface area (Å²) < 4.78 is 5.45. The fraction of sp³-hybridized carbons (Fsp3) is 0.500. The molecule has 7 heteroatoms. The highest BCUT2D eigenvalue weighted by Gasteiger charge is 2.21. The Morgan fingerprint density at radius 3 is 2.90 bits per heavy atom. The van der Waals surface area contributed by atoms with Crippen LogP contribution in [0.1, 0.15) is 29.6 Å². The normalized spacial score (nSPS) is 13.9. The highest BCUT2D eigenvalue weighted by Crippen LogP contribution is 2.28. The molecule has 0 radical (unpaired) electrons. The predicted octanol–water partition coefficient (Wildman–Crippen LogP) is 1.72. The van der Waals surface area contributed by atoms with E-state index in [9.17, 15) is 14.9 Å². The number of anilines is 1. The van der Waals surface area contributed by atoms with E-state index in [4.69, 9.17) is 10.5 Å². The molecular formula is C14H19N3O4. The maximum absolute atomic E-state index is 11.9. The number of para-hydroxylation sites is 1. The summed E-state index contributed by atoms with van der Waals surface area (Å²) >= 11 is 0. The van der Waals surface area contributed by atoms with Gasteiger partial charge in [0, 0.05) is 25.8 Å². The third-order valence-electron chi connectivity index (χ3n) is 3.33. The molecule has 0 unspecified atom stereocenters. The second-order valence-electron chi connectivity index (χ2n) is 5.12. The molecule has 1 fully saturated rings. The van der Waals surface area contributed by atoms with Crippen molar-refractivity contribution in [2.75, 3.05) is 25.5 Å². The number of nitrogens with one attached hydrogen (secondary N) is 1. The summed E-state index contributed by atoms with van der Waals surface area (Å²) in [7, 11) is 0. The number of nitrogens with two attached hydrogens (primary N) is 1. The molecule has 2 rings (SSSR count). The quantitative estimate of drug-likeness (QED) is 0.328. The topological polar surface area (TPSA) is 107 Å². The van der Waals surface area contributed by atoms with E-state index in [2.05, 4.69) is 5.32 Å². The van der Waals surface area contributed by atoms with Gasteiger partial charge in [-0.3, -0.25) is 14.9 Å². The Morgan fingerprint density at radius 2 is 2.24 bits per heavy atom. The number of amides is 1. The van der Waals surface area contributed by atoms with Crippen molar-refractivity contribution in [2.24, 2.45) is 5.92 Å². The Balaban J connectivity index is 1.77. The van der Waals surface area contributed by atoms with Crippen molar-refractivity contribution in [1.82, 2.24) is 5.32 Å². The van der Waals surface area contributed by atoms with E-state index in [1.165, 1.54) is 31.0 Å². The standard InChI is InChI=1S/C14H19N3O4/c15-13-11(3-1-4-12(13)17(19)20)14(18)16-7-2-8-21-9-10-5-6-10/h1,3-4,10H,2,5-9,15H2,(H,16,18). The van der Waals surface area contributed by atoms with Crippen LogP contribution in [-0.4, -0.2) is 30.6 Å². The second kappa shape index (κ2) is 7.03. The van der Waals surface area contributed by atoms with E-state index in [-0.39, 0.29) is 16.9 Å². The molecule has 0 bridgehead atoms. The SMILES string of the molecule is Nc1c(C(=O)NCCCOCC2CC2)cccc1[N+](=O)[O-]. The molecule has 1 saturated carbocycles. The van der Waals surface area contributed by atoms with E-state index < -0.39 is 10.8 Å². The van der Waals surface area contributed by atoms with Gasteiger partial charge in [-0.15, -0.1) is 0 Å². The van der Waals surface area contributed by atoms with Crippen molar-refractivity contribution in [2.45, 2.75) is 19.3 Å². The molecule has 0 aliphatic heterocycles. The van der Waals surface area contributed by atoms with Gasteiger partial charge in [-0.1, -0.05) is 6.07 Å². The van der Waals surface area contributed by atoms with Crippen LogP contribution in [0.5, 0.6) is 0 Å². The van der Waals surface area contributed by atoms with Crippen LogP contribution in [0.25, 0.3) is 0 Å². The molecule has 0 atom stereocenters. The highest BCUT2D eigenvalue weighted by molar-refractivity contribution is 6.00. The number of nitrogen functional groups attached to an aromatic ring is 1. The minimum atomic E-state index is -0.599. The molecule has 114 valence electrons. The lowest BCUT2D eigenvalue weighted by atomic mass is 10.1. The van der Waals surface area contributed by atoms with Gasteiger partial charge in [0.1, 0.15) is 5.69 Å². The molecule has 0 saturated heterocycles. The van der Waals surface area contributed by atoms with Crippen molar-refractivity contribution in [3.8, 4) is 0 Å². The number of nitrogens with zero attached hydrogens (tertiary/aromatic N) is 1. The zero-order valence-electron chi connectivity index (χ0n) is 11.7. The molecular weight excluding hydrogens is 274 g/mol. The van der Waals surface area contributed by atoms with Crippen molar-refractivity contribution >= 4 is 17.3 Å². The number of hydrogen-bond donors (Lipinski definition) is 2. The fourth-order valence-corrected chi connectivity index (χ4v) is 1.92. The molecule has 1 aliphatic carbocycles. The van der Waals surface area contributed by atoms with Gasteiger partial charge in [-0.05, 0) is 31.2 Å². The Morgan fingerprint density at radius 1 is 1.48 bits per heavy atom. The van der Waals surface area contributed by atoms with Crippen LogP contribution in [-0.2, 0) is 4.74 Å². The lowest BCUT2D eigenvalue weighted by Gasteiger charge is -2.08. The Bertz CT molecular complexity index is 529. The number of benzene rings is 1. The van der Waals surface area contributed by atoms with Gasteiger partial charge < -0.3 is 15.8 Å². The van der Waals surface area contributed by atoms with E-state index in [1.54, 1.807) is 0 Å². The van der Waals surface area contributed by atoms with Crippen LogP contribution in [0.4, 0.5) is 11.4 Å². The second-order valence-corrected chi connectivity index (χ2v) is 5.12.